The number of phenols is 1. The van der Waals surface area contributed by atoms with Crippen molar-refractivity contribution in [2.45, 2.75) is 77.8 Å². The van der Waals surface area contributed by atoms with Crippen molar-refractivity contribution in [2.75, 3.05) is 6.54 Å². The molecule has 1 aromatic carbocycles. The fourth-order valence-corrected chi connectivity index (χ4v) is 4.53. The van der Waals surface area contributed by atoms with Crippen LogP contribution in [0.5, 0.6) is 5.75 Å². The number of rotatable bonds is 8. The summed E-state index contributed by atoms with van der Waals surface area (Å²) in [4.78, 5) is 39.8. The molecule has 1 saturated heterocycles. The van der Waals surface area contributed by atoms with Gasteiger partial charge in [0.05, 0.1) is 11.6 Å². The highest BCUT2D eigenvalue weighted by Gasteiger charge is 2.32. The Bertz CT molecular complexity index is 1220. The number of hydrogen-bond donors (Lipinski definition) is 5. The predicted octanol–water partition coefficient (Wildman–Crippen LogP) is 2.60. The SMILES string of the molecule is CC(C)C[C@H](NC(=O)c1cc2c(O)cccc2n1C(=O)OC(C)(C)C)C(=O)N[C@H](C#N)C[C@@H]1CCNC1O. The van der Waals surface area contributed by atoms with Gasteiger partial charge in [0, 0.05) is 11.3 Å². The standard InChI is InChI=1S/C27H37N5O6/c1-15(2)11-19(24(35)30-17(14-28)12-16-9-10-29-23(16)34)31-25(36)21-13-18-20(7-6-8-22(18)33)32(21)26(37)38-27(3,4)5/h6-8,13,15-17,19,23,29,33-34H,9-12H2,1-5H3,(H,30,35)(H,31,36)/t16-,17-,19-,23?/m0/s1. The van der Waals surface area contributed by atoms with Crippen LogP contribution >= 0.6 is 0 Å². The molecule has 11 heteroatoms. The fraction of sp³-hybridized carbons (Fsp3) is 0.556. The van der Waals surface area contributed by atoms with Crippen LogP contribution < -0.4 is 16.0 Å². The average Bonchev–Trinajstić information content (AvgIpc) is 3.41. The van der Waals surface area contributed by atoms with Gasteiger partial charge < -0.3 is 25.6 Å². The Morgan fingerprint density at radius 3 is 2.55 bits per heavy atom. The number of aliphatic hydroxyl groups is 1. The number of ether oxygens (including phenoxy) is 1. The molecule has 0 aliphatic carbocycles. The van der Waals surface area contributed by atoms with E-state index in [1.54, 1.807) is 32.9 Å². The van der Waals surface area contributed by atoms with E-state index in [1.807, 2.05) is 13.8 Å². The van der Waals surface area contributed by atoms with Gasteiger partial charge in [-0.1, -0.05) is 19.9 Å². The topological polar surface area (TPSA) is 166 Å². The lowest BCUT2D eigenvalue weighted by Gasteiger charge is -2.24. The largest absolute Gasteiger partial charge is 0.507 e. The normalized spacial score (nSPS) is 19.1. The highest BCUT2D eigenvalue weighted by molar-refractivity contribution is 6.06. The lowest BCUT2D eigenvalue weighted by atomic mass is 9.97. The summed E-state index contributed by atoms with van der Waals surface area (Å²) in [5, 5.41) is 38.5. The molecule has 2 aromatic rings. The first-order chi connectivity index (χ1) is 17.8. The van der Waals surface area contributed by atoms with Gasteiger partial charge in [-0.25, -0.2) is 9.36 Å². The van der Waals surface area contributed by atoms with Gasteiger partial charge in [-0.05, 0) is 70.7 Å². The van der Waals surface area contributed by atoms with E-state index >= 15 is 0 Å². The summed E-state index contributed by atoms with van der Waals surface area (Å²) < 4.78 is 6.57. The van der Waals surface area contributed by atoms with Crippen molar-refractivity contribution in [1.29, 1.82) is 5.26 Å². The Morgan fingerprint density at radius 1 is 1.26 bits per heavy atom. The minimum absolute atomic E-state index is 0.0215. The zero-order valence-electron chi connectivity index (χ0n) is 22.4. The number of fused-ring (bicyclic) bond motifs is 1. The molecule has 0 radical (unpaired) electrons. The fourth-order valence-electron chi connectivity index (χ4n) is 4.53. The summed E-state index contributed by atoms with van der Waals surface area (Å²) in [7, 11) is 0. The average molecular weight is 528 g/mol. The van der Waals surface area contributed by atoms with Crippen molar-refractivity contribution in [3.63, 3.8) is 0 Å². The molecule has 3 rings (SSSR count). The maximum Gasteiger partial charge on any atom is 0.419 e. The number of aliphatic hydroxyl groups excluding tert-OH is 1. The molecular formula is C27H37N5O6. The van der Waals surface area contributed by atoms with Crippen molar-refractivity contribution >= 4 is 28.8 Å². The first kappa shape index (κ1) is 28.9. The molecule has 2 heterocycles. The lowest BCUT2D eigenvalue weighted by molar-refractivity contribution is -0.123. The van der Waals surface area contributed by atoms with Crippen LogP contribution in [0.25, 0.3) is 10.9 Å². The molecule has 1 fully saturated rings. The third kappa shape index (κ3) is 7.02. The van der Waals surface area contributed by atoms with Crippen molar-refractivity contribution in [3.05, 3.63) is 30.0 Å². The molecular weight excluding hydrogens is 490 g/mol. The number of nitrogens with one attached hydrogen (secondary N) is 3. The quantitative estimate of drug-likeness (QED) is 0.349. The molecule has 0 spiro atoms. The van der Waals surface area contributed by atoms with Crippen LogP contribution in [0.3, 0.4) is 0 Å². The monoisotopic (exact) mass is 527 g/mol. The third-order valence-electron chi connectivity index (χ3n) is 6.29. The zero-order valence-corrected chi connectivity index (χ0v) is 22.4. The molecule has 0 bridgehead atoms. The van der Waals surface area contributed by atoms with Crippen LogP contribution in [0, 0.1) is 23.2 Å². The van der Waals surface area contributed by atoms with Gasteiger partial charge in [0.2, 0.25) is 5.91 Å². The Balaban J connectivity index is 1.87. The molecule has 1 unspecified atom stereocenters. The molecule has 4 atom stereocenters. The summed E-state index contributed by atoms with van der Waals surface area (Å²) in [6.07, 6.45) is -0.309. The molecule has 1 aliphatic rings. The number of carbonyl (C=O) groups is 3. The highest BCUT2D eigenvalue weighted by atomic mass is 16.6. The van der Waals surface area contributed by atoms with E-state index in [-0.39, 0.29) is 47.0 Å². The van der Waals surface area contributed by atoms with Gasteiger partial charge in [-0.2, -0.15) is 5.26 Å². The van der Waals surface area contributed by atoms with Crippen LogP contribution in [0.2, 0.25) is 0 Å². The predicted molar refractivity (Wildman–Crippen MR) is 140 cm³/mol. The minimum Gasteiger partial charge on any atom is -0.507 e. The number of benzene rings is 1. The van der Waals surface area contributed by atoms with Gasteiger partial charge in [0.15, 0.2) is 0 Å². The second-order valence-electron chi connectivity index (χ2n) is 11.1. The number of amides is 2. The van der Waals surface area contributed by atoms with E-state index in [0.29, 0.717) is 13.0 Å². The maximum atomic E-state index is 13.5. The summed E-state index contributed by atoms with van der Waals surface area (Å²) >= 11 is 0. The van der Waals surface area contributed by atoms with Gasteiger partial charge in [0.25, 0.3) is 5.91 Å². The first-order valence-electron chi connectivity index (χ1n) is 12.8. The smallest absolute Gasteiger partial charge is 0.419 e. The molecule has 1 aliphatic heterocycles. The van der Waals surface area contributed by atoms with Crippen molar-refractivity contribution in [1.82, 2.24) is 20.5 Å². The van der Waals surface area contributed by atoms with Crippen LogP contribution in [0.15, 0.2) is 24.3 Å². The maximum absolute atomic E-state index is 13.5. The van der Waals surface area contributed by atoms with Crippen molar-refractivity contribution < 1.29 is 29.3 Å². The van der Waals surface area contributed by atoms with Crippen LogP contribution in [-0.2, 0) is 9.53 Å². The second-order valence-corrected chi connectivity index (χ2v) is 11.1. The summed E-state index contributed by atoms with van der Waals surface area (Å²) in [6.45, 7) is 9.51. The Hall–Kier alpha value is -3.62. The van der Waals surface area contributed by atoms with Crippen LogP contribution in [0.1, 0.15) is 64.4 Å². The highest BCUT2D eigenvalue weighted by Crippen LogP contribution is 2.29. The number of aromatic hydroxyl groups is 1. The number of hydrogen-bond acceptors (Lipinski definition) is 8. The van der Waals surface area contributed by atoms with Crippen molar-refractivity contribution in [2.24, 2.45) is 11.8 Å². The molecule has 38 heavy (non-hydrogen) atoms. The molecule has 0 saturated carbocycles. The van der Waals surface area contributed by atoms with Gasteiger partial charge in [-0.3, -0.25) is 14.9 Å². The summed E-state index contributed by atoms with van der Waals surface area (Å²) in [5.41, 5.74) is -0.663. The number of nitriles is 1. The van der Waals surface area contributed by atoms with Gasteiger partial charge in [0.1, 0.15) is 35.4 Å². The molecule has 206 valence electrons. The minimum atomic E-state index is -0.997. The number of aromatic nitrogens is 1. The summed E-state index contributed by atoms with van der Waals surface area (Å²) in [6, 6.07) is 6.17. The van der Waals surface area contributed by atoms with E-state index in [2.05, 4.69) is 22.0 Å². The molecule has 11 nitrogen and oxygen atoms in total. The van der Waals surface area contributed by atoms with E-state index in [9.17, 15) is 29.9 Å². The van der Waals surface area contributed by atoms with E-state index in [1.165, 1.54) is 12.1 Å². The number of carbonyl (C=O) groups excluding carboxylic acids is 3. The van der Waals surface area contributed by atoms with E-state index < -0.39 is 41.8 Å². The first-order valence-corrected chi connectivity index (χ1v) is 12.8. The molecule has 1 aromatic heterocycles. The van der Waals surface area contributed by atoms with Crippen LogP contribution in [0.4, 0.5) is 4.79 Å². The Morgan fingerprint density at radius 2 is 1.97 bits per heavy atom. The lowest BCUT2D eigenvalue weighted by Crippen LogP contribution is -2.50. The Labute approximate surface area is 222 Å². The summed E-state index contributed by atoms with van der Waals surface area (Å²) in [5.74, 6) is -1.52. The van der Waals surface area contributed by atoms with E-state index in [4.69, 9.17) is 4.74 Å². The van der Waals surface area contributed by atoms with Crippen molar-refractivity contribution in [3.8, 4) is 11.8 Å². The molecule has 5 N–H and O–H groups in total. The Kier molecular flexibility index (Phi) is 9.01. The van der Waals surface area contributed by atoms with E-state index in [0.717, 1.165) is 4.57 Å². The number of phenolic OH excluding ortho intramolecular Hbond substituents is 1. The molecule has 2 amide bonds. The number of nitrogens with zero attached hydrogens (tertiary/aromatic N) is 2. The van der Waals surface area contributed by atoms with Crippen LogP contribution in [-0.4, -0.2) is 63.1 Å². The third-order valence-corrected chi connectivity index (χ3v) is 6.29. The van der Waals surface area contributed by atoms with Gasteiger partial charge in [-0.15, -0.1) is 0 Å². The second kappa shape index (κ2) is 11.8. The zero-order chi connectivity index (χ0) is 28.2. The van der Waals surface area contributed by atoms with Gasteiger partial charge >= 0.3 is 6.09 Å².